The highest BCUT2D eigenvalue weighted by Gasteiger charge is 2.56. The van der Waals surface area contributed by atoms with Crippen molar-refractivity contribution in [3.05, 3.63) is 47.8 Å². The first-order valence-electron chi connectivity index (χ1n) is 9.53. The van der Waals surface area contributed by atoms with Gasteiger partial charge in [-0.3, -0.25) is 4.98 Å². The first-order chi connectivity index (χ1) is 12.1. The van der Waals surface area contributed by atoms with E-state index in [1.165, 1.54) is 0 Å². The molecular formula is C21H29N3O2. The number of hydrogen-bond acceptors (Lipinski definition) is 4. The Labute approximate surface area is 155 Å². The molecule has 1 aliphatic heterocycles. The number of aliphatic hydroxyl groups is 2. The fourth-order valence-electron chi connectivity index (χ4n) is 4.85. The zero-order valence-electron chi connectivity index (χ0n) is 16.3. The third kappa shape index (κ3) is 2.16. The largest absolute Gasteiger partial charge is 0.383 e. The molecule has 0 amide bonds. The minimum absolute atomic E-state index is 0.0687. The Balaban J connectivity index is 1.82. The zero-order chi connectivity index (χ0) is 18.9. The molecule has 140 valence electrons. The van der Waals surface area contributed by atoms with Crippen LogP contribution in [-0.4, -0.2) is 24.7 Å². The van der Waals surface area contributed by atoms with E-state index < -0.39 is 11.2 Å². The van der Waals surface area contributed by atoms with Gasteiger partial charge in [0.2, 0.25) is 0 Å². The molecule has 0 bridgehead atoms. The number of aromatic nitrogens is 3. The van der Waals surface area contributed by atoms with Crippen LogP contribution in [0.5, 0.6) is 0 Å². The maximum atomic E-state index is 11.6. The van der Waals surface area contributed by atoms with Gasteiger partial charge in [0.05, 0.1) is 5.69 Å². The van der Waals surface area contributed by atoms with Crippen LogP contribution in [0.1, 0.15) is 76.5 Å². The molecule has 0 saturated heterocycles. The zero-order valence-corrected chi connectivity index (χ0v) is 16.3. The number of rotatable bonds is 2. The van der Waals surface area contributed by atoms with Crippen LogP contribution in [0.15, 0.2) is 30.7 Å². The van der Waals surface area contributed by atoms with Crippen molar-refractivity contribution in [1.82, 2.24) is 14.5 Å². The lowest BCUT2D eigenvalue weighted by Crippen LogP contribution is -2.39. The van der Waals surface area contributed by atoms with E-state index in [1.54, 1.807) is 12.4 Å². The fourth-order valence-corrected chi connectivity index (χ4v) is 4.85. The predicted molar refractivity (Wildman–Crippen MR) is 99.6 cm³/mol. The van der Waals surface area contributed by atoms with Crippen LogP contribution in [-0.2, 0) is 11.2 Å². The summed E-state index contributed by atoms with van der Waals surface area (Å²) in [6.07, 6.45) is 6.72. The van der Waals surface area contributed by atoms with Crippen molar-refractivity contribution >= 4 is 0 Å². The van der Waals surface area contributed by atoms with E-state index in [9.17, 15) is 10.2 Å². The molecule has 0 saturated carbocycles. The van der Waals surface area contributed by atoms with Gasteiger partial charge in [-0.2, -0.15) is 0 Å². The molecule has 26 heavy (non-hydrogen) atoms. The second-order valence-electron chi connectivity index (χ2n) is 9.37. The molecule has 5 nitrogen and oxygen atoms in total. The summed E-state index contributed by atoms with van der Waals surface area (Å²) in [5.74, 6) is 0.919. The Morgan fingerprint density at radius 3 is 2.54 bits per heavy atom. The summed E-state index contributed by atoms with van der Waals surface area (Å²) in [4.78, 5) is 9.05. The third-order valence-electron chi connectivity index (χ3n) is 6.74. The summed E-state index contributed by atoms with van der Waals surface area (Å²) >= 11 is 0. The summed E-state index contributed by atoms with van der Waals surface area (Å²) in [5.41, 5.74) is -0.344. The Morgan fingerprint density at radius 2 is 1.88 bits per heavy atom. The van der Waals surface area contributed by atoms with E-state index in [4.69, 9.17) is 0 Å². The second kappa shape index (κ2) is 5.40. The van der Waals surface area contributed by atoms with Crippen LogP contribution >= 0.6 is 0 Å². The van der Waals surface area contributed by atoms with Gasteiger partial charge in [0.1, 0.15) is 17.0 Å². The number of pyridine rings is 1. The molecule has 0 spiro atoms. The molecule has 0 fully saturated rings. The molecule has 2 N–H and O–H groups in total. The maximum absolute atomic E-state index is 11.6. The molecule has 2 aromatic rings. The van der Waals surface area contributed by atoms with Gasteiger partial charge < -0.3 is 14.8 Å². The van der Waals surface area contributed by atoms with Crippen molar-refractivity contribution in [1.29, 1.82) is 0 Å². The first kappa shape index (κ1) is 17.7. The average molecular weight is 355 g/mol. The second-order valence-corrected chi connectivity index (χ2v) is 9.37. The Hall–Kier alpha value is -1.72. The van der Waals surface area contributed by atoms with Crippen LogP contribution in [0.25, 0.3) is 0 Å². The van der Waals surface area contributed by atoms with Gasteiger partial charge in [-0.15, -0.1) is 0 Å². The van der Waals surface area contributed by atoms with Gasteiger partial charge in [-0.1, -0.05) is 40.7 Å². The molecule has 4 atom stereocenters. The van der Waals surface area contributed by atoms with Crippen molar-refractivity contribution in [3.63, 3.8) is 0 Å². The van der Waals surface area contributed by atoms with Crippen molar-refractivity contribution in [3.8, 4) is 0 Å². The molecule has 4 rings (SSSR count). The summed E-state index contributed by atoms with van der Waals surface area (Å²) in [6.45, 7) is 10.3. The van der Waals surface area contributed by atoms with Crippen LogP contribution in [0.2, 0.25) is 0 Å². The highest BCUT2D eigenvalue weighted by atomic mass is 16.3. The topological polar surface area (TPSA) is 71.2 Å². The summed E-state index contributed by atoms with van der Waals surface area (Å²) < 4.78 is 2.12. The van der Waals surface area contributed by atoms with Crippen molar-refractivity contribution in [2.75, 3.05) is 0 Å². The minimum Gasteiger partial charge on any atom is -0.383 e. The standard InChI is InChI=1S/C21H29N3O2/c1-13(2)20(25)12-16(24-10-9-23-18(20)24)15-11-21(26,19(3,4)5)17-14(15)7-6-8-22-17/h6-10,13,15-16,25-26H,11-12H2,1-5H3/t15?,16?,20?,21-/m1/s1. The molecule has 2 aliphatic rings. The lowest BCUT2D eigenvalue weighted by Gasteiger charge is -2.37. The normalized spacial score (nSPS) is 33.5. The SMILES string of the molecule is CC(C)C1(O)CC(C2C[C@](O)(C(C)(C)C)c3ncccc32)n2ccnc21. The molecule has 1 aliphatic carbocycles. The predicted octanol–water partition coefficient (Wildman–Crippen LogP) is 3.49. The molecule has 0 radical (unpaired) electrons. The number of hydrogen-bond donors (Lipinski definition) is 2. The van der Waals surface area contributed by atoms with E-state index in [0.717, 1.165) is 17.1 Å². The van der Waals surface area contributed by atoms with E-state index in [0.29, 0.717) is 12.8 Å². The van der Waals surface area contributed by atoms with E-state index in [-0.39, 0.29) is 23.3 Å². The lowest BCUT2D eigenvalue weighted by atomic mass is 9.73. The first-order valence-corrected chi connectivity index (χ1v) is 9.53. The molecule has 0 aromatic carbocycles. The lowest BCUT2D eigenvalue weighted by molar-refractivity contribution is -0.0726. The number of imidazole rings is 1. The fraction of sp³-hybridized carbons (Fsp3) is 0.619. The van der Waals surface area contributed by atoms with E-state index >= 15 is 0 Å². The van der Waals surface area contributed by atoms with Gasteiger partial charge in [0, 0.05) is 37.0 Å². The van der Waals surface area contributed by atoms with Gasteiger partial charge in [0.25, 0.3) is 0 Å². The van der Waals surface area contributed by atoms with Crippen LogP contribution in [0.3, 0.4) is 0 Å². The van der Waals surface area contributed by atoms with Crippen molar-refractivity contribution < 1.29 is 10.2 Å². The van der Waals surface area contributed by atoms with Gasteiger partial charge >= 0.3 is 0 Å². The van der Waals surface area contributed by atoms with E-state index in [1.807, 2.05) is 26.1 Å². The molecule has 5 heteroatoms. The van der Waals surface area contributed by atoms with E-state index in [2.05, 4.69) is 41.4 Å². The summed E-state index contributed by atoms with van der Waals surface area (Å²) in [6, 6.07) is 4.10. The quantitative estimate of drug-likeness (QED) is 0.865. The third-order valence-corrected chi connectivity index (χ3v) is 6.74. The Morgan fingerprint density at radius 1 is 1.15 bits per heavy atom. The highest BCUT2D eigenvalue weighted by Crippen LogP contribution is 2.59. The van der Waals surface area contributed by atoms with Gasteiger partial charge in [-0.25, -0.2) is 4.98 Å². The highest BCUT2D eigenvalue weighted by molar-refractivity contribution is 5.39. The molecule has 3 heterocycles. The van der Waals surface area contributed by atoms with Crippen LogP contribution in [0, 0.1) is 11.3 Å². The van der Waals surface area contributed by atoms with Crippen molar-refractivity contribution in [2.24, 2.45) is 11.3 Å². The minimum atomic E-state index is -0.979. The van der Waals surface area contributed by atoms with Gasteiger partial charge in [0.15, 0.2) is 0 Å². The Kier molecular flexibility index (Phi) is 3.67. The van der Waals surface area contributed by atoms with Crippen LogP contribution < -0.4 is 0 Å². The molecular weight excluding hydrogens is 326 g/mol. The van der Waals surface area contributed by atoms with Crippen LogP contribution in [0.4, 0.5) is 0 Å². The molecule has 2 aromatic heterocycles. The summed E-state index contributed by atoms with van der Waals surface area (Å²) in [5, 5.41) is 22.9. The Bertz CT molecular complexity index is 838. The number of nitrogens with zero attached hydrogens (tertiary/aromatic N) is 3. The summed E-state index contributed by atoms with van der Waals surface area (Å²) in [7, 11) is 0. The maximum Gasteiger partial charge on any atom is 0.141 e. The smallest absolute Gasteiger partial charge is 0.141 e. The van der Waals surface area contributed by atoms with Crippen molar-refractivity contribution in [2.45, 2.75) is 70.6 Å². The average Bonchev–Trinajstić information content (AvgIpc) is 3.22. The molecule has 3 unspecified atom stereocenters. The van der Waals surface area contributed by atoms with Gasteiger partial charge in [-0.05, 0) is 29.4 Å². The monoisotopic (exact) mass is 355 g/mol. The number of fused-ring (bicyclic) bond motifs is 2.